The van der Waals surface area contributed by atoms with Gasteiger partial charge in [0.25, 0.3) is 0 Å². The lowest BCUT2D eigenvalue weighted by Gasteiger charge is -2.36. The first-order valence-corrected chi connectivity index (χ1v) is 5.41. The lowest BCUT2D eigenvalue weighted by molar-refractivity contribution is -0.00159. The van der Waals surface area contributed by atoms with Crippen molar-refractivity contribution in [3.8, 4) is 0 Å². The van der Waals surface area contributed by atoms with Gasteiger partial charge in [0.1, 0.15) is 6.10 Å². The van der Waals surface area contributed by atoms with Crippen molar-refractivity contribution in [1.29, 1.82) is 0 Å². The molecule has 0 saturated heterocycles. The zero-order chi connectivity index (χ0) is 10.0. The summed E-state index contributed by atoms with van der Waals surface area (Å²) in [5, 5.41) is 0. The zero-order valence-electron chi connectivity index (χ0n) is 9.50. The van der Waals surface area contributed by atoms with Crippen LogP contribution in [0, 0.1) is 17.8 Å². The Labute approximate surface area is 82.2 Å². The predicted molar refractivity (Wildman–Crippen MR) is 56.4 cm³/mol. The Morgan fingerprint density at radius 2 is 2.08 bits per heavy atom. The van der Waals surface area contributed by atoms with Gasteiger partial charge >= 0.3 is 0 Å². The van der Waals surface area contributed by atoms with Gasteiger partial charge in [0.2, 0.25) is 0 Å². The van der Waals surface area contributed by atoms with E-state index in [-0.39, 0.29) is 0 Å². The molecule has 0 spiro atoms. The summed E-state index contributed by atoms with van der Waals surface area (Å²) < 4.78 is 5.88. The Bertz CT molecular complexity index is 195. The second kappa shape index (κ2) is 4.17. The van der Waals surface area contributed by atoms with E-state index < -0.39 is 0 Å². The van der Waals surface area contributed by atoms with Gasteiger partial charge in [-0.1, -0.05) is 34.1 Å². The summed E-state index contributed by atoms with van der Waals surface area (Å²) in [7, 11) is 0. The van der Waals surface area contributed by atoms with Crippen LogP contribution in [0.3, 0.4) is 0 Å². The molecule has 13 heavy (non-hydrogen) atoms. The highest BCUT2D eigenvalue weighted by Crippen LogP contribution is 2.32. The number of ether oxygens (including phenoxy) is 1. The molecule has 0 amide bonds. The number of hydrogen-bond acceptors (Lipinski definition) is 1. The number of allylic oxidation sites excluding steroid dienone is 2. The SMILES string of the molecule is CC[C@@H](C)C1OC(C)=C[C@@H](C)[C@H]1C. The molecule has 0 N–H and O–H groups in total. The summed E-state index contributed by atoms with van der Waals surface area (Å²) in [5.41, 5.74) is 0. The molecule has 76 valence electrons. The van der Waals surface area contributed by atoms with Crippen molar-refractivity contribution in [3.63, 3.8) is 0 Å². The molecule has 0 fully saturated rings. The molecule has 4 atom stereocenters. The monoisotopic (exact) mass is 182 g/mol. The highest BCUT2D eigenvalue weighted by molar-refractivity contribution is 5.01. The molecule has 1 aliphatic heterocycles. The minimum atomic E-state index is 0.421. The summed E-state index contributed by atoms with van der Waals surface area (Å²) in [5.74, 6) is 3.09. The molecule has 0 radical (unpaired) electrons. The molecule has 0 bridgehead atoms. The van der Waals surface area contributed by atoms with Crippen LogP contribution in [-0.2, 0) is 4.74 Å². The fourth-order valence-corrected chi connectivity index (χ4v) is 2.05. The molecule has 1 heterocycles. The fourth-order valence-electron chi connectivity index (χ4n) is 2.05. The van der Waals surface area contributed by atoms with E-state index in [4.69, 9.17) is 4.74 Å². The number of rotatable bonds is 2. The third-order valence-electron chi connectivity index (χ3n) is 3.37. The molecule has 0 aromatic heterocycles. The van der Waals surface area contributed by atoms with Crippen LogP contribution in [0.15, 0.2) is 11.8 Å². The van der Waals surface area contributed by atoms with Crippen molar-refractivity contribution in [2.24, 2.45) is 17.8 Å². The third kappa shape index (κ3) is 2.26. The van der Waals surface area contributed by atoms with Gasteiger partial charge in [-0.3, -0.25) is 0 Å². The molecule has 1 heteroatoms. The van der Waals surface area contributed by atoms with Crippen molar-refractivity contribution in [2.75, 3.05) is 0 Å². The second-order valence-electron chi connectivity index (χ2n) is 4.46. The molecule has 1 aliphatic rings. The first-order valence-electron chi connectivity index (χ1n) is 5.41. The van der Waals surface area contributed by atoms with Crippen LogP contribution in [0.1, 0.15) is 41.0 Å². The van der Waals surface area contributed by atoms with Crippen molar-refractivity contribution >= 4 is 0 Å². The van der Waals surface area contributed by atoms with Crippen LogP contribution < -0.4 is 0 Å². The van der Waals surface area contributed by atoms with Crippen molar-refractivity contribution in [2.45, 2.75) is 47.1 Å². The number of hydrogen-bond donors (Lipinski definition) is 0. The van der Waals surface area contributed by atoms with Gasteiger partial charge in [-0.05, 0) is 30.8 Å². The van der Waals surface area contributed by atoms with Gasteiger partial charge in [0, 0.05) is 0 Å². The van der Waals surface area contributed by atoms with E-state index in [9.17, 15) is 0 Å². The molecule has 1 rings (SSSR count). The fraction of sp³-hybridized carbons (Fsp3) is 0.833. The molecule has 1 unspecified atom stereocenters. The van der Waals surface area contributed by atoms with Gasteiger partial charge in [-0.2, -0.15) is 0 Å². The molecular formula is C12H22O. The average molecular weight is 182 g/mol. The van der Waals surface area contributed by atoms with Crippen molar-refractivity contribution in [3.05, 3.63) is 11.8 Å². The summed E-state index contributed by atoms with van der Waals surface area (Å²) in [4.78, 5) is 0. The Kier molecular flexibility index (Phi) is 3.40. The summed E-state index contributed by atoms with van der Waals surface area (Å²) in [6.07, 6.45) is 3.86. The van der Waals surface area contributed by atoms with Gasteiger partial charge < -0.3 is 4.74 Å². The lowest BCUT2D eigenvalue weighted by Crippen LogP contribution is -2.34. The van der Waals surface area contributed by atoms with Crippen LogP contribution in [0.4, 0.5) is 0 Å². The Hall–Kier alpha value is -0.460. The van der Waals surface area contributed by atoms with Gasteiger partial charge in [0.05, 0.1) is 5.76 Å². The lowest BCUT2D eigenvalue weighted by atomic mass is 9.81. The van der Waals surface area contributed by atoms with E-state index in [2.05, 4.69) is 40.7 Å². The predicted octanol–water partition coefficient (Wildman–Crippen LogP) is 3.61. The maximum absolute atomic E-state index is 5.88. The van der Waals surface area contributed by atoms with Crippen LogP contribution in [0.2, 0.25) is 0 Å². The van der Waals surface area contributed by atoms with Crippen LogP contribution in [0.25, 0.3) is 0 Å². The van der Waals surface area contributed by atoms with E-state index in [0.717, 1.165) is 5.76 Å². The highest BCUT2D eigenvalue weighted by atomic mass is 16.5. The van der Waals surface area contributed by atoms with E-state index in [1.54, 1.807) is 0 Å². The molecule has 0 aliphatic carbocycles. The van der Waals surface area contributed by atoms with Crippen molar-refractivity contribution < 1.29 is 4.74 Å². The standard InChI is InChI=1S/C12H22O/c1-6-8(2)12-11(5)9(3)7-10(4)13-12/h7-9,11-12H,6H2,1-5H3/t8-,9-,11-,12?/m1/s1. The van der Waals surface area contributed by atoms with E-state index in [1.807, 2.05) is 0 Å². The quantitative estimate of drug-likeness (QED) is 0.634. The van der Waals surface area contributed by atoms with Crippen LogP contribution >= 0.6 is 0 Å². The Balaban J connectivity index is 2.71. The molecule has 1 nitrogen and oxygen atoms in total. The summed E-state index contributed by atoms with van der Waals surface area (Å²) >= 11 is 0. The normalized spacial score (nSPS) is 36.4. The van der Waals surface area contributed by atoms with Gasteiger partial charge in [-0.25, -0.2) is 0 Å². The minimum Gasteiger partial charge on any atom is -0.495 e. The Morgan fingerprint density at radius 1 is 1.46 bits per heavy atom. The van der Waals surface area contributed by atoms with Gasteiger partial charge in [-0.15, -0.1) is 0 Å². The molecular weight excluding hydrogens is 160 g/mol. The summed E-state index contributed by atoms with van der Waals surface area (Å²) in [6.45, 7) is 11.2. The van der Waals surface area contributed by atoms with E-state index in [0.29, 0.717) is 23.9 Å². The van der Waals surface area contributed by atoms with Gasteiger partial charge in [0.15, 0.2) is 0 Å². The van der Waals surface area contributed by atoms with Crippen LogP contribution in [-0.4, -0.2) is 6.10 Å². The van der Waals surface area contributed by atoms with Crippen LogP contribution in [0.5, 0.6) is 0 Å². The smallest absolute Gasteiger partial charge is 0.104 e. The molecule has 0 aromatic carbocycles. The first-order chi connectivity index (χ1) is 6.06. The zero-order valence-corrected chi connectivity index (χ0v) is 9.50. The first kappa shape index (κ1) is 10.6. The highest BCUT2D eigenvalue weighted by Gasteiger charge is 2.30. The Morgan fingerprint density at radius 3 is 2.62 bits per heavy atom. The maximum atomic E-state index is 5.88. The van der Waals surface area contributed by atoms with E-state index >= 15 is 0 Å². The topological polar surface area (TPSA) is 9.23 Å². The van der Waals surface area contributed by atoms with E-state index in [1.165, 1.54) is 6.42 Å². The summed E-state index contributed by atoms with van der Waals surface area (Å²) in [6, 6.07) is 0. The van der Waals surface area contributed by atoms with Crippen molar-refractivity contribution in [1.82, 2.24) is 0 Å². The second-order valence-corrected chi connectivity index (χ2v) is 4.46. The molecule has 0 aromatic rings. The third-order valence-corrected chi connectivity index (χ3v) is 3.37. The molecule has 0 saturated carbocycles. The minimum absolute atomic E-state index is 0.421. The average Bonchev–Trinajstić information content (AvgIpc) is 2.10. The largest absolute Gasteiger partial charge is 0.495 e. The maximum Gasteiger partial charge on any atom is 0.104 e.